The smallest absolute Gasteiger partial charge is 0.0241 e. The molecular weight excluding hydrogens is 396 g/mol. The Kier molecular flexibility index (Phi) is 30.0. The first-order chi connectivity index (χ1) is 16.3. The van der Waals surface area contributed by atoms with Gasteiger partial charge in [0.05, 0.1) is 0 Å². The summed E-state index contributed by atoms with van der Waals surface area (Å²) in [6.07, 6.45) is 42.3. The normalized spacial score (nSPS) is 11.6. The minimum atomic E-state index is 1.37. The molecule has 0 unspecified atom stereocenters. The van der Waals surface area contributed by atoms with Gasteiger partial charge in [-0.15, -0.1) is 0 Å². The van der Waals surface area contributed by atoms with Gasteiger partial charge in [-0.2, -0.15) is 0 Å². The highest BCUT2D eigenvalue weighted by atomic mass is 14.1. The lowest BCUT2D eigenvalue weighted by molar-refractivity contribution is 0.504. The number of hydrogen-bond acceptors (Lipinski definition) is 0. The van der Waals surface area contributed by atoms with Crippen LogP contribution in [0, 0.1) is 5.92 Å². The Morgan fingerprint density at radius 1 is 0.242 bits per heavy atom. The van der Waals surface area contributed by atoms with E-state index in [9.17, 15) is 0 Å². The van der Waals surface area contributed by atoms with E-state index in [1.807, 2.05) is 5.92 Å². The Morgan fingerprint density at radius 2 is 0.424 bits per heavy atom. The van der Waals surface area contributed by atoms with Crippen molar-refractivity contribution in [2.24, 2.45) is 0 Å². The molecule has 0 N–H and O–H groups in total. The van der Waals surface area contributed by atoms with Gasteiger partial charge in [-0.25, -0.2) is 0 Å². The molecule has 0 bridgehead atoms. The quantitative estimate of drug-likeness (QED) is 0.0967. The standard InChI is InChI=1S/C33H67/c1-4-7-10-13-16-19-22-25-28-31-33(30-27-24-21-18-15-12-9-6-3)32-29-26-23-20-17-14-11-8-5-2/h4-32H2,1-3H3. The highest BCUT2D eigenvalue weighted by Gasteiger charge is 2.09. The van der Waals surface area contributed by atoms with Crippen molar-refractivity contribution in [1.82, 2.24) is 0 Å². The summed E-state index contributed by atoms with van der Waals surface area (Å²) in [7, 11) is 0. The molecule has 0 aliphatic heterocycles. The highest BCUT2D eigenvalue weighted by Crippen LogP contribution is 2.26. The van der Waals surface area contributed by atoms with Crippen LogP contribution in [0.5, 0.6) is 0 Å². The molecule has 0 nitrogen and oxygen atoms in total. The summed E-state index contributed by atoms with van der Waals surface area (Å²) in [5.74, 6) is 1.94. The zero-order valence-corrected chi connectivity index (χ0v) is 24.0. The van der Waals surface area contributed by atoms with E-state index in [4.69, 9.17) is 0 Å². The van der Waals surface area contributed by atoms with Gasteiger partial charge in [-0.3, -0.25) is 0 Å². The van der Waals surface area contributed by atoms with Gasteiger partial charge in [0.2, 0.25) is 0 Å². The molecule has 0 aromatic heterocycles. The minimum Gasteiger partial charge on any atom is -0.0654 e. The molecule has 0 aromatic carbocycles. The average molecular weight is 464 g/mol. The van der Waals surface area contributed by atoms with Crippen molar-refractivity contribution in [3.8, 4) is 0 Å². The predicted molar refractivity (Wildman–Crippen MR) is 154 cm³/mol. The summed E-state index contributed by atoms with van der Waals surface area (Å²) < 4.78 is 0. The molecule has 0 aromatic rings. The van der Waals surface area contributed by atoms with Gasteiger partial charge in [0, 0.05) is 0 Å². The topological polar surface area (TPSA) is 0 Å². The molecule has 0 aliphatic rings. The first-order valence-electron chi connectivity index (χ1n) is 16.2. The van der Waals surface area contributed by atoms with Crippen LogP contribution in [0.3, 0.4) is 0 Å². The third-order valence-electron chi connectivity index (χ3n) is 7.65. The summed E-state index contributed by atoms with van der Waals surface area (Å²) >= 11 is 0. The largest absolute Gasteiger partial charge is 0.0654 e. The molecule has 199 valence electrons. The molecule has 0 heteroatoms. The van der Waals surface area contributed by atoms with Crippen molar-refractivity contribution < 1.29 is 0 Å². The van der Waals surface area contributed by atoms with E-state index in [2.05, 4.69) is 20.8 Å². The lowest BCUT2D eigenvalue weighted by Crippen LogP contribution is -1.99. The van der Waals surface area contributed by atoms with Crippen LogP contribution in [-0.4, -0.2) is 0 Å². The Balaban J connectivity index is 3.84. The molecule has 0 fully saturated rings. The van der Waals surface area contributed by atoms with Gasteiger partial charge < -0.3 is 0 Å². The van der Waals surface area contributed by atoms with E-state index >= 15 is 0 Å². The molecular formula is C33H67. The van der Waals surface area contributed by atoms with E-state index < -0.39 is 0 Å². The van der Waals surface area contributed by atoms with Gasteiger partial charge in [0.1, 0.15) is 0 Å². The van der Waals surface area contributed by atoms with Gasteiger partial charge >= 0.3 is 0 Å². The first kappa shape index (κ1) is 33.0. The van der Waals surface area contributed by atoms with Crippen molar-refractivity contribution in [1.29, 1.82) is 0 Å². The van der Waals surface area contributed by atoms with Gasteiger partial charge in [-0.1, -0.05) is 188 Å². The van der Waals surface area contributed by atoms with Crippen LogP contribution in [0.25, 0.3) is 0 Å². The predicted octanol–water partition coefficient (Wildman–Crippen LogP) is 12.9. The number of rotatable bonds is 29. The van der Waals surface area contributed by atoms with Crippen LogP contribution in [0.4, 0.5) is 0 Å². The zero-order chi connectivity index (χ0) is 24.1. The fraction of sp³-hybridized carbons (Fsp3) is 0.970. The maximum Gasteiger partial charge on any atom is -0.0241 e. The maximum absolute atomic E-state index is 2.32. The van der Waals surface area contributed by atoms with Crippen LogP contribution in [0.2, 0.25) is 0 Å². The fourth-order valence-electron chi connectivity index (χ4n) is 5.26. The van der Waals surface area contributed by atoms with Crippen molar-refractivity contribution in [3.05, 3.63) is 5.92 Å². The number of unbranched alkanes of at least 4 members (excludes halogenated alkanes) is 23. The van der Waals surface area contributed by atoms with Crippen LogP contribution in [-0.2, 0) is 0 Å². The second-order valence-corrected chi connectivity index (χ2v) is 11.1. The average Bonchev–Trinajstić information content (AvgIpc) is 2.83. The van der Waals surface area contributed by atoms with Crippen LogP contribution in [0.1, 0.15) is 207 Å². The minimum absolute atomic E-state index is 1.37. The van der Waals surface area contributed by atoms with Gasteiger partial charge in [-0.05, 0) is 25.2 Å². The Morgan fingerprint density at radius 3 is 0.636 bits per heavy atom. The summed E-state index contributed by atoms with van der Waals surface area (Å²) in [5, 5.41) is 0. The van der Waals surface area contributed by atoms with Gasteiger partial charge in [0.25, 0.3) is 0 Å². The Bertz CT molecular complexity index is 298. The van der Waals surface area contributed by atoms with Gasteiger partial charge in [0.15, 0.2) is 0 Å². The molecule has 0 atom stereocenters. The van der Waals surface area contributed by atoms with Crippen molar-refractivity contribution >= 4 is 0 Å². The summed E-state index contributed by atoms with van der Waals surface area (Å²) in [4.78, 5) is 0. The van der Waals surface area contributed by atoms with Crippen molar-refractivity contribution in [2.75, 3.05) is 0 Å². The lowest BCUT2D eigenvalue weighted by atomic mass is 9.89. The molecule has 0 spiro atoms. The summed E-state index contributed by atoms with van der Waals surface area (Å²) in [6, 6.07) is 0. The van der Waals surface area contributed by atoms with Crippen molar-refractivity contribution in [3.63, 3.8) is 0 Å². The van der Waals surface area contributed by atoms with E-state index in [-0.39, 0.29) is 0 Å². The SMILES string of the molecule is CCCCCCCCCCC[C](CCCCCCCCCC)CCCCCCCCCCC. The molecule has 0 rings (SSSR count). The van der Waals surface area contributed by atoms with Crippen molar-refractivity contribution in [2.45, 2.75) is 207 Å². The molecule has 33 heavy (non-hydrogen) atoms. The summed E-state index contributed by atoms with van der Waals surface area (Å²) in [6.45, 7) is 6.95. The number of hydrogen-bond donors (Lipinski definition) is 0. The molecule has 0 heterocycles. The highest BCUT2D eigenvalue weighted by molar-refractivity contribution is 4.89. The molecule has 1 radical (unpaired) electrons. The molecule has 0 amide bonds. The Labute approximate surface area is 212 Å². The molecule has 0 aliphatic carbocycles. The maximum atomic E-state index is 2.32. The zero-order valence-electron chi connectivity index (χ0n) is 24.0. The van der Waals surface area contributed by atoms with Crippen LogP contribution in [0.15, 0.2) is 0 Å². The lowest BCUT2D eigenvalue weighted by Gasteiger charge is -2.16. The van der Waals surface area contributed by atoms with E-state index in [0.717, 1.165) is 0 Å². The Hall–Kier alpha value is 0. The van der Waals surface area contributed by atoms with E-state index in [1.165, 1.54) is 186 Å². The van der Waals surface area contributed by atoms with Crippen LogP contribution < -0.4 is 0 Å². The summed E-state index contributed by atoms with van der Waals surface area (Å²) in [5.41, 5.74) is 0. The molecule has 0 saturated heterocycles. The van der Waals surface area contributed by atoms with Crippen LogP contribution >= 0.6 is 0 Å². The first-order valence-corrected chi connectivity index (χ1v) is 16.2. The fourth-order valence-corrected chi connectivity index (χ4v) is 5.26. The monoisotopic (exact) mass is 464 g/mol. The van der Waals surface area contributed by atoms with E-state index in [0.29, 0.717) is 0 Å². The second-order valence-electron chi connectivity index (χ2n) is 11.1. The second kappa shape index (κ2) is 30.0. The molecule has 0 saturated carbocycles. The van der Waals surface area contributed by atoms with E-state index in [1.54, 1.807) is 0 Å². The third-order valence-corrected chi connectivity index (χ3v) is 7.65. The third kappa shape index (κ3) is 28.1.